The smallest absolute Gasteiger partial charge is 0.290 e. The highest BCUT2D eigenvalue weighted by Gasteiger charge is 2.31. The standard InChI is InChI=1S/C20H29N3O3.CH2O2/c24-19-14-18(15-21-19)20(25)23-10-4-8-22(11-12-23)9-5-13-26-16-17-6-2-1-3-7-17;2-1-3/h1-3,6-7,18H,4-5,8-16H2,(H,21,24);1H,(H,2,3). The Hall–Kier alpha value is -2.45. The van der Waals surface area contributed by atoms with Gasteiger partial charge in [0, 0.05) is 45.8 Å². The molecule has 2 saturated heterocycles. The first-order chi connectivity index (χ1) is 14.1. The molecule has 2 aliphatic rings. The fourth-order valence-corrected chi connectivity index (χ4v) is 3.61. The summed E-state index contributed by atoms with van der Waals surface area (Å²) < 4.78 is 5.75. The number of hydrogen-bond acceptors (Lipinski definition) is 5. The lowest BCUT2D eigenvalue weighted by Gasteiger charge is -2.24. The van der Waals surface area contributed by atoms with E-state index in [0.29, 0.717) is 19.6 Å². The molecule has 0 bridgehead atoms. The topological polar surface area (TPSA) is 99.2 Å². The van der Waals surface area contributed by atoms with Gasteiger partial charge in [0.25, 0.3) is 6.47 Å². The molecule has 1 aromatic rings. The third-order valence-electron chi connectivity index (χ3n) is 5.10. The molecular weight excluding hydrogens is 374 g/mol. The third kappa shape index (κ3) is 8.21. The van der Waals surface area contributed by atoms with Crippen LogP contribution in [0.1, 0.15) is 24.8 Å². The maximum absolute atomic E-state index is 12.5. The predicted molar refractivity (Wildman–Crippen MR) is 108 cm³/mol. The van der Waals surface area contributed by atoms with Crippen LogP contribution in [0.4, 0.5) is 0 Å². The van der Waals surface area contributed by atoms with Crippen molar-refractivity contribution in [1.29, 1.82) is 0 Å². The molecule has 1 aromatic carbocycles. The second-order valence-electron chi connectivity index (χ2n) is 7.22. The molecule has 2 heterocycles. The quantitative estimate of drug-likeness (QED) is 0.518. The number of nitrogens with one attached hydrogen (secondary N) is 1. The first kappa shape index (κ1) is 22.8. The van der Waals surface area contributed by atoms with Crippen LogP contribution in [0.3, 0.4) is 0 Å². The first-order valence-electron chi connectivity index (χ1n) is 10.1. The Morgan fingerprint density at radius 2 is 1.97 bits per heavy atom. The van der Waals surface area contributed by atoms with E-state index in [1.807, 2.05) is 23.1 Å². The molecule has 3 rings (SSSR count). The van der Waals surface area contributed by atoms with Crippen LogP contribution in [-0.4, -0.2) is 79.1 Å². The Morgan fingerprint density at radius 3 is 2.66 bits per heavy atom. The summed E-state index contributed by atoms with van der Waals surface area (Å²) in [5, 5.41) is 9.64. The van der Waals surface area contributed by atoms with Crippen molar-refractivity contribution < 1.29 is 24.2 Å². The molecular formula is C21H31N3O5. The fraction of sp³-hybridized carbons (Fsp3) is 0.571. The summed E-state index contributed by atoms with van der Waals surface area (Å²) in [6, 6.07) is 10.2. The lowest BCUT2D eigenvalue weighted by Crippen LogP contribution is -2.39. The van der Waals surface area contributed by atoms with E-state index in [-0.39, 0.29) is 24.2 Å². The van der Waals surface area contributed by atoms with Gasteiger partial charge in [-0.3, -0.25) is 14.4 Å². The zero-order chi connectivity index (χ0) is 20.9. The second-order valence-corrected chi connectivity index (χ2v) is 7.22. The first-order valence-corrected chi connectivity index (χ1v) is 10.1. The van der Waals surface area contributed by atoms with E-state index >= 15 is 0 Å². The van der Waals surface area contributed by atoms with Gasteiger partial charge in [0.15, 0.2) is 0 Å². The van der Waals surface area contributed by atoms with Crippen LogP contribution < -0.4 is 5.32 Å². The SMILES string of the molecule is O=C1CC(C(=O)N2CCCN(CCCOCc3ccccc3)CC2)CN1.O=CO. The number of rotatable bonds is 7. The van der Waals surface area contributed by atoms with Crippen molar-refractivity contribution in [3.63, 3.8) is 0 Å². The second kappa shape index (κ2) is 12.9. The van der Waals surface area contributed by atoms with E-state index in [2.05, 4.69) is 22.3 Å². The Balaban J connectivity index is 0.000000941. The number of benzene rings is 1. The molecule has 1 atom stereocenters. The van der Waals surface area contributed by atoms with E-state index in [1.54, 1.807) is 0 Å². The largest absolute Gasteiger partial charge is 0.483 e. The van der Waals surface area contributed by atoms with Crippen molar-refractivity contribution in [2.45, 2.75) is 25.9 Å². The number of ether oxygens (including phenoxy) is 1. The molecule has 8 nitrogen and oxygen atoms in total. The highest BCUT2D eigenvalue weighted by Crippen LogP contribution is 2.15. The van der Waals surface area contributed by atoms with Crippen LogP contribution in [0.15, 0.2) is 30.3 Å². The number of amides is 2. The molecule has 1 unspecified atom stereocenters. The van der Waals surface area contributed by atoms with E-state index in [1.165, 1.54) is 5.56 Å². The number of carbonyl (C=O) groups excluding carboxylic acids is 2. The maximum atomic E-state index is 12.5. The summed E-state index contributed by atoms with van der Waals surface area (Å²) in [5.41, 5.74) is 1.20. The summed E-state index contributed by atoms with van der Waals surface area (Å²) in [5.74, 6) is -0.0351. The normalized spacial score (nSPS) is 19.7. The van der Waals surface area contributed by atoms with Gasteiger partial charge in [0.05, 0.1) is 12.5 Å². The van der Waals surface area contributed by atoms with E-state index in [0.717, 1.165) is 52.2 Å². The third-order valence-corrected chi connectivity index (χ3v) is 5.10. The van der Waals surface area contributed by atoms with Gasteiger partial charge in [0.2, 0.25) is 11.8 Å². The van der Waals surface area contributed by atoms with Crippen LogP contribution in [0.2, 0.25) is 0 Å². The van der Waals surface area contributed by atoms with Gasteiger partial charge in [-0.05, 0) is 24.9 Å². The van der Waals surface area contributed by atoms with Crippen molar-refractivity contribution in [3.05, 3.63) is 35.9 Å². The van der Waals surface area contributed by atoms with Gasteiger partial charge in [-0.15, -0.1) is 0 Å². The summed E-state index contributed by atoms with van der Waals surface area (Å²) in [6.45, 7) is 6.14. The van der Waals surface area contributed by atoms with Crippen LogP contribution in [0, 0.1) is 5.92 Å². The van der Waals surface area contributed by atoms with Gasteiger partial charge in [0.1, 0.15) is 0 Å². The zero-order valence-corrected chi connectivity index (χ0v) is 16.8. The lowest BCUT2D eigenvalue weighted by molar-refractivity contribution is -0.135. The number of carbonyl (C=O) groups is 3. The molecule has 29 heavy (non-hydrogen) atoms. The van der Waals surface area contributed by atoms with Gasteiger partial charge >= 0.3 is 0 Å². The van der Waals surface area contributed by atoms with Crippen molar-refractivity contribution in [3.8, 4) is 0 Å². The predicted octanol–water partition coefficient (Wildman–Crippen LogP) is 0.965. The number of hydrogen-bond donors (Lipinski definition) is 2. The summed E-state index contributed by atoms with van der Waals surface area (Å²) in [4.78, 5) is 36.6. The van der Waals surface area contributed by atoms with E-state index in [4.69, 9.17) is 14.6 Å². The highest BCUT2D eigenvalue weighted by molar-refractivity contribution is 5.89. The zero-order valence-electron chi connectivity index (χ0n) is 16.8. The van der Waals surface area contributed by atoms with Crippen molar-refractivity contribution in [2.24, 2.45) is 5.92 Å². The molecule has 0 saturated carbocycles. The van der Waals surface area contributed by atoms with Gasteiger partial charge in [-0.25, -0.2) is 0 Å². The minimum absolute atomic E-state index is 0.00435. The molecule has 0 aliphatic carbocycles. The van der Waals surface area contributed by atoms with Crippen LogP contribution in [0.25, 0.3) is 0 Å². The van der Waals surface area contributed by atoms with Gasteiger partial charge in [-0.1, -0.05) is 30.3 Å². The van der Waals surface area contributed by atoms with Gasteiger partial charge in [-0.2, -0.15) is 0 Å². The Bertz CT molecular complexity index is 640. The summed E-state index contributed by atoms with van der Waals surface area (Å²) in [6.07, 6.45) is 2.34. The van der Waals surface area contributed by atoms with Gasteiger partial charge < -0.3 is 25.0 Å². The molecule has 2 N–H and O–H groups in total. The van der Waals surface area contributed by atoms with Crippen molar-refractivity contribution in [2.75, 3.05) is 45.9 Å². The number of carboxylic acid groups (broad SMARTS) is 1. The van der Waals surface area contributed by atoms with E-state index < -0.39 is 0 Å². The van der Waals surface area contributed by atoms with E-state index in [9.17, 15) is 9.59 Å². The summed E-state index contributed by atoms with van der Waals surface area (Å²) in [7, 11) is 0. The monoisotopic (exact) mass is 405 g/mol. The molecule has 0 aromatic heterocycles. The summed E-state index contributed by atoms with van der Waals surface area (Å²) >= 11 is 0. The Morgan fingerprint density at radius 1 is 1.21 bits per heavy atom. The fourth-order valence-electron chi connectivity index (χ4n) is 3.61. The van der Waals surface area contributed by atoms with Crippen LogP contribution in [-0.2, 0) is 25.7 Å². The number of nitrogens with zero attached hydrogens (tertiary/aromatic N) is 2. The molecule has 160 valence electrons. The molecule has 2 amide bonds. The Labute approximate surface area is 171 Å². The van der Waals surface area contributed by atoms with Crippen molar-refractivity contribution in [1.82, 2.24) is 15.1 Å². The molecule has 0 spiro atoms. The minimum Gasteiger partial charge on any atom is -0.483 e. The maximum Gasteiger partial charge on any atom is 0.290 e. The van der Waals surface area contributed by atoms with Crippen molar-refractivity contribution >= 4 is 18.3 Å². The Kier molecular flexibility index (Phi) is 10.2. The average Bonchev–Trinajstić information content (AvgIpc) is 3.02. The lowest BCUT2D eigenvalue weighted by atomic mass is 10.1. The molecule has 2 aliphatic heterocycles. The van der Waals surface area contributed by atoms with Crippen LogP contribution in [0.5, 0.6) is 0 Å². The van der Waals surface area contributed by atoms with Crippen LogP contribution >= 0.6 is 0 Å². The molecule has 8 heteroatoms. The molecule has 0 radical (unpaired) electrons. The molecule has 2 fully saturated rings. The average molecular weight is 405 g/mol. The highest BCUT2D eigenvalue weighted by atomic mass is 16.5. The minimum atomic E-state index is -0.250.